The molecule has 0 atom stereocenters. The second kappa shape index (κ2) is 7.94. The Bertz CT molecular complexity index is 233. The van der Waals surface area contributed by atoms with Gasteiger partial charge < -0.3 is 0 Å². The fourth-order valence-electron chi connectivity index (χ4n) is 1.07. The fraction of sp³-hybridized carbons (Fsp3) is 0.889. The molecule has 0 aromatic heterocycles. The van der Waals surface area contributed by atoms with Gasteiger partial charge >= 0.3 is 0 Å². The normalized spacial score (nSPS) is 11.5. The minimum Gasteiger partial charge on any atom is -0.291 e. The molecule has 0 aromatic carbocycles. The first-order chi connectivity index (χ1) is 6.62. The molecule has 0 aliphatic rings. The predicted octanol–water partition coefficient (Wildman–Crippen LogP) is 1.41. The van der Waals surface area contributed by atoms with Crippen LogP contribution in [0.3, 0.4) is 0 Å². The van der Waals surface area contributed by atoms with E-state index in [0.29, 0.717) is 12.8 Å². The summed E-state index contributed by atoms with van der Waals surface area (Å²) in [4.78, 5) is 9.84. The third kappa shape index (κ3) is 8.19. The molecule has 0 saturated heterocycles. The Kier molecular flexibility index (Phi) is 7.70. The van der Waals surface area contributed by atoms with Gasteiger partial charge in [-0.25, -0.2) is 0 Å². The number of hydrogen-bond acceptors (Lipinski definition) is 4. The topological polar surface area (TPSA) is 60.4 Å². The van der Waals surface area contributed by atoms with E-state index in [1.54, 1.807) is 13.2 Å². The van der Waals surface area contributed by atoms with Crippen LogP contribution in [0.15, 0.2) is 0 Å². The van der Waals surface area contributed by atoms with Crippen LogP contribution in [0, 0.1) is 0 Å². The molecule has 0 saturated carbocycles. The summed E-state index contributed by atoms with van der Waals surface area (Å²) >= 11 is 0. The van der Waals surface area contributed by atoms with Gasteiger partial charge in [0.15, 0.2) is 6.29 Å². The van der Waals surface area contributed by atoms with Crippen LogP contribution in [0.1, 0.15) is 39.0 Å². The molecule has 14 heavy (non-hydrogen) atoms. The lowest BCUT2D eigenvalue weighted by Gasteiger charge is -2.02. The quantitative estimate of drug-likeness (QED) is 0.436. The molecule has 0 spiro atoms. The van der Waals surface area contributed by atoms with Crippen molar-refractivity contribution >= 4 is 16.4 Å². The molecular weight excluding hydrogens is 204 g/mol. The standard InChI is InChI=1S/C9H17O4S/c1-2-13-14(11,12)9-7-5-3-4-6-8-10/h2-7,9H2,1H3. The van der Waals surface area contributed by atoms with E-state index in [-0.39, 0.29) is 12.4 Å². The number of hydrogen-bond donors (Lipinski definition) is 0. The smallest absolute Gasteiger partial charge is 0.267 e. The average molecular weight is 221 g/mol. The number of carbonyl (C=O) groups excluding carboxylic acids is 1. The largest absolute Gasteiger partial charge is 0.291 e. The summed E-state index contributed by atoms with van der Waals surface area (Å²) in [5.74, 6) is 0.0750. The Morgan fingerprint density at radius 3 is 2.36 bits per heavy atom. The van der Waals surface area contributed by atoms with E-state index in [4.69, 9.17) is 0 Å². The maximum absolute atomic E-state index is 11.0. The summed E-state index contributed by atoms with van der Waals surface area (Å²) in [6.07, 6.45) is 5.32. The molecule has 0 amide bonds. The predicted molar refractivity (Wildman–Crippen MR) is 54.2 cm³/mol. The molecule has 0 fully saturated rings. The lowest BCUT2D eigenvalue weighted by molar-refractivity contribution is 0.337. The Balaban J connectivity index is 3.39. The molecule has 0 aromatic rings. The van der Waals surface area contributed by atoms with Gasteiger partial charge in [0.25, 0.3) is 10.1 Å². The van der Waals surface area contributed by atoms with Crippen LogP contribution >= 0.6 is 0 Å². The maximum atomic E-state index is 11.0. The van der Waals surface area contributed by atoms with E-state index in [0.717, 1.165) is 19.3 Å². The molecule has 0 rings (SSSR count). The highest BCUT2D eigenvalue weighted by atomic mass is 32.2. The molecule has 0 bridgehead atoms. The summed E-state index contributed by atoms with van der Waals surface area (Å²) in [6.45, 7) is 1.85. The molecule has 5 heteroatoms. The van der Waals surface area contributed by atoms with Gasteiger partial charge in [-0.1, -0.05) is 12.8 Å². The van der Waals surface area contributed by atoms with Gasteiger partial charge in [0.1, 0.15) is 0 Å². The van der Waals surface area contributed by atoms with Crippen LogP contribution in [-0.2, 0) is 19.1 Å². The van der Waals surface area contributed by atoms with Gasteiger partial charge in [-0.2, -0.15) is 8.42 Å². The highest BCUT2D eigenvalue weighted by Gasteiger charge is 2.08. The van der Waals surface area contributed by atoms with Crippen molar-refractivity contribution in [1.82, 2.24) is 0 Å². The van der Waals surface area contributed by atoms with Crippen molar-refractivity contribution in [3.05, 3.63) is 0 Å². The molecule has 4 nitrogen and oxygen atoms in total. The molecule has 1 radical (unpaired) electrons. The molecule has 0 aliphatic carbocycles. The van der Waals surface area contributed by atoms with Crippen molar-refractivity contribution in [2.45, 2.75) is 39.0 Å². The highest BCUT2D eigenvalue weighted by Crippen LogP contribution is 2.05. The van der Waals surface area contributed by atoms with Crippen LogP contribution in [0.4, 0.5) is 0 Å². The summed E-state index contributed by atoms with van der Waals surface area (Å²) in [7, 11) is -3.30. The second-order valence-corrected chi connectivity index (χ2v) is 4.74. The van der Waals surface area contributed by atoms with Crippen molar-refractivity contribution in [1.29, 1.82) is 0 Å². The van der Waals surface area contributed by atoms with Gasteiger partial charge in [-0.05, 0) is 19.8 Å². The molecular formula is C9H17O4S. The van der Waals surface area contributed by atoms with Crippen LogP contribution < -0.4 is 0 Å². The number of rotatable bonds is 9. The molecule has 0 aliphatic heterocycles. The fourth-order valence-corrected chi connectivity index (χ4v) is 2.10. The summed E-state index contributed by atoms with van der Waals surface area (Å²) in [5, 5.41) is 0. The highest BCUT2D eigenvalue weighted by molar-refractivity contribution is 7.86. The molecule has 83 valence electrons. The molecule has 0 N–H and O–H groups in total. The van der Waals surface area contributed by atoms with Crippen LogP contribution in [0.2, 0.25) is 0 Å². The SMILES string of the molecule is CCOS(=O)(=O)CCCCCC[C]=O. The van der Waals surface area contributed by atoms with Gasteiger partial charge in [-0.3, -0.25) is 8.98 Å². The van der Waals surface area contributed by atoms with Crippen molar-refractivity contribution in [2.75, 3.05) is 12.4 Å². The second-order valence-electron chi connectivity index (χ2n) is 2.98. The Labute approximate surface area is 85.8 Å². The van der Waals surface area contributed by atoms with Crippen molar-refractivity contribution < 1.29 is 17.4 Å². The summed E-state index contributed by atoms with van der Waals surface area (Å²) in [5.41, 5.74) is 0. The monoisotopic (exact) mass is 221 g/mol. The Morgan fingerprint density at radius 2 is 1.79 bits per heavy atom. The van der Waals surface area contributed by atoms with E-state index in [2.05, 4.69) is 4.18 Å². The third-order valence-electron chi connectivity index (χ3n) is 1.72. The first kappa shape index (κ1) is 13.6. The molecule has 0 heterocycles. The van der Waals surface area contributed by atoms with E-state index in [1.807, 2.05) is 0 Å². The summed E-state index contributed by atoms with van der Waals surface area (Å²) in [6, 6.07) is 0. The zero-order valence-corrected chi connectivity index (χ0v) is 9.31. The lowest BCUT2D eigenvalue weighted by Crippen LogP contribution is -2.10. The van der Waals surface area contributed by atoms with Crippen molar-refractivity contribution in [3.8, 4) is 0 Å². The minimum absolute atomic E-state index is 0.0750. The first-order valence-electron chi connectivity index (χ1n) is 4.84. The van der Waals surface area contributed by atoms with Crippen molar-refractivity contribution in [2.24, 2.45) is 0 Å². The molecule has 0 unspecified atom stereocenters. The van der Waals surface area contributed by atoms with E-state index >= 15 is 0 Å². The maximum Gasteiger partial charge on any atom is 0.267 e. The van der Waals surface area contributed by atoms with Crippen LogP contribution in [-0.4, -0.2) is 27.1 Å². The first-order valence-corrected chi connectivity index (χ1v) is 6.42. The Morgan fingerprint density at radius 1 is 1.14 bits per heavy atom. The minimum atomic E-state index is -3.30. The van der Waals surface area contributed by atoms with Crippen molar-refractivity contribution in [3.63, 3.8) is 0 Å². The van der Waals surface area contributed by atoms with E-state index in [9.17, 15) is 13.2 Å². The Hall–Kier alpha value is -0.420. The summed E-state index contributed by atoms with van der Waals surface area (Å²) < 4.78 is 26.6. The van der Waals surface area contributed by atoms with E-state index < -0.39 is 10.1 Å². The van der Waals surface area contributed by atoms with Gasteiger partial charge in [0.2, 0.25) is 0 Å². The lowest BCUT2D eigenvalue weighted by atomic mass is 10.2. The number of unbranched alkanes of at least 4 members (excludes halogenated alkanes) is 4. The van der Waals surface area contributed by atoms with Gasteiger partial charge in [-0.15, -0.1) is 0 Å². The average Bonchev–Trinajstić information content (AvgIpc) is 2.11. The van der Waals surface area contributed by atoms with Crippen LogP contribution in [0.25, 0.3) is 0 Å². The van der Waals surface area contributed by atoms with Crippen LogP contribution in [0.5, 0.6) is 0 Å². The van der Waals surface area contributed by atoms with Gasteiger partial charge in [0, 0.05) is 6.42 Å². The van der Waals surface area contributed by atoms with E-state index in [1.165, 1.54) is 0 Å². The zero-order chi connectivity index (χ0) is 10.9. The van der Waals surface area contributed by atoms with Gasteiger partial charge in [0.05, 0.1) is 12.4 Å². The third-order valence-corrected chi connectivity index (χ3v) is 3.10. The zero-order valence-electron chi connectivity index (χ0n) is 8.49.